The van der Waals surface area contributed by atoms with Gasteiger partial charge in [-0.1, -0.05) is 97.9 Å². The van der Waals surface area contributed by atoms with Crippen molar-refractivity contribution in [2.24, 2.45) is 0 Å². The highest BCUT2D eigenvalue weighted by Gasteiger charge is 2.27. The van der Waals surface area contributed by atoms with Gasteiger partial charge in [0, 0.05) is 6.42 Å². The van der Waals surface area contributed by atoms with Gasteiger partial charge in [0.2, 0.25) is 0 Å². The van der Waals surface area contributed by atoms with Gasteiger partial charge in [-0.05, 0) is 0 Å². The first-order valence-electron chi connectivity index (χ1n) is 8.20. The summed E-state index contributed by atoms with van der Waals surface area (Å²) >= 11 is 0. The predicted octanol–water partition coefficient (Wildman–Crippen LogP) is 3.11. The third kappa shape index (κ3) is 2.94. The second-order valence-corrected chi connectivity index (χ2v) is 5.77. The maximum Gasteiger partial charge on any atom is 0.149 e. The van der Waals surface area contributed by atoms with Crippen molar-refractivity contribution >= 4 is 22.5 Å². The molecule has 0 atom stereocenters. The minimum absolute atomic E-state index is 0.857. The van der Waals surface area contributed by atoms with E-state index in [2.05, 4.69) is 110 Å². The van der Waals surface area contributed by atoms with Gasteiger partial charge in [0.1, 0.15) is 6.15 Å². The lowest BCUT2D eigenvalue weighted by Crippen LogP contribution is -2.66. The fourth-order valence-corrected chi connectivity index (χ4v) is 3.31. The Morgan fingerprint density at radius 1 is 0.609 bits per heavy atom. The molecule has 0 bridgehead atoms. The van der Waals surface area contributed by atoms with Crippen LogP contribution in [0.25, 0.3) is 0 Å². The lowest BCUT2D eigenvalue weighted by Gasteiger charge is -2.38. The zero-order valence-electron chi connectivity index (χ0n) is 13.4. The van der Waals surface area contributed by atoms with E-state index in [4.69, 9.17) is 0 Å². The van der Waals surface area contributed by atoms with Crippen LogP contribution in [0.4, 0.5) is 0 Å². The van der Waals surface area contributed by atoms with Gasteiger partial charge in [0.15, 0.2) is 0 Å². The van der Waals surface area contributed by atoms with E-state index >= 15 is 0 Å². The molecule has 0 fully saturated rings. The summed E-state index contributed by atoms with van der Waals surface area (Å²) < 4.78 is 0. The molecule has 112 valence electrons. The molecule has 0 aliphatic carbocycles. The van der Waals surface area contributed by atoms with Gasteiger partial charge < -0.3 is 0 Å². The Kier molecular flexibility index (Phi) is 4.64. The molecular formula is C22H20B-. The second kappa shape index (κ2) is 7.03. The summed E-state index contributed by atoms with van der Waals surface area (Å²) in [6.45, 7) is 2.11. The fraction of sp³-hybridized carbons (Fsp3) is 0.0909. The van der Waals surface area contributed by atoms with Gasteiger partial charge in [-0.3, -0.25) is 5.82 Å². The molecule has 1 heteroatoms. The topological polar surface area (TPSA) is 0 Å². The maximum atomic E-state index is 3.64. The van der Waals surface area contributed by atoms with Crippen LogP contribution in [0.1, 0.15) is 13.3 Å². The molecule has 0 heterocycles. The van der Waals surface area contributed by atoms with Crippen molar-refractivity contribution in [1.29, 1.82) is 0 Å². The molecule has 0 aliphatic rings. The minimum atomic E-state index is -1.27. The Hall–Kier alpha value is -2.72. The first-order valence-corrected chi connectivity index (χ1v) is 8.20. The van der Waals surface area contributed by atoms with E-state index in [0.29, 0.717) is 0 Å². The summed E-state index contributed by atoms with van der Waals surface area (Å²) in [4.78, 5) is 0. The molecule has 0 N–H and O–H groups in total. The molecule has 0 saturated heterocycles. The number of hydrogen-bond acceptors (Lipinski definition) is 0. The third-order valence-corrected chi connectivity index (χ3v) is 4.39. The quantitative estimate of drug-likeness (QED) is 0.514. The summed E-state index contributed by atoms with van der Waals surface area (Å²) in [6, 6.07) is 32.0. The van der Waals surface area contributed by atoms with Crippen LogP contribution in [0.2, 0.25) is 0 Å². The maximum absolute atomic E-state index is 3.64. The normalized spacial score (nSPS) is 10.7. The van der Waals surface area contributed by atoms with Crippen LogP contribution in [-0.4, -0.2) is 6.15 Å². The fourth-order valence-electron chi connectivity index (χ4n) is 3.31. The monoisotopic (exact) mass is 295 g/mol. The van der Waals surface area contributed by atoms with Crippen LogP contribution in [-0.2, 0) is 0 Å². The van der Waals surface area contributed by atoms with E-state index in [1.807, 2.05) is 0 Å². The van der Waals surface area contributed by atoms with Gasteiger partial charge in [0.05, 0.1) is 0 Å². The van der Waals surface area contributed by atoms with Crippen LogP contribution >= 0.6 is 0 Å². The first-order chi connectivity index (χ1) is 11.4. The van der Waals surface area contributed by atoms with E-state index in [1.54, 1.807) is 0 Å². The lowest BCUT2D eigenvalue weighted by molar-refractivity contribution is 1.28. The highest BCUT2D eigenvalue weighted by molar-refractivity contribution is 7.16. The Bertz CT molecular complexity index is 699. The number of rotatable bonds is 3. The zero-order chi connectivity index (χ0) is 16.0. The minimum Gasteiger partial charge on any atom is -0.297 e. The van der Waals surface area contributed by atoms with Gasteiger partial charge >= 0.3 is 0 Å². The summed E-state index contributed by atoms with van der Waals surface area (Å²) in [5.74, 6) is 7.01. The Balaban J connectivity index is 2.35. The van der Waals surface area contributed by atoms with Crippen molar-refractivity contribution < 1.29 is 0 Å². The molecule has 0 spiro atoms. The van der Waals surface area contributed by atoms with E-state index in [0.717, 1.165) is 6.42 Å². The Morgan fingerprint density at radius 3 is 1.26 bits per heavy atom. The van der Waals surface area contributed by atoms with Crippen LogP contribution < -0.4 is 16.4 Å². The number of benzene rings is 3. The molecule has 0 unspecified atom stereocenters. The average Bonchev–Trinajstić information content (AvgIpc) is 2.65. The molecule has 3 aromatic rings. The van der Waals surface area contributed by atoms with Crippen molar-refractivity contribution in [3.63, 3.8) is 0 Å². The first kappa shape index (κ1) is 15.2. The van der Waals surface area contributed by atoms with Crippen LogP contribution in [0.15, 0.2) is 91.0 Å². The molecule has 0 aliphatic heterocycles. The van der Waals surface area contributed by atoms with E-state index in [9.17, 15) is 0 Å². The van der Waals surface area contributed by atoms with Crippen molar-refractivity contribution in [1.82, 2.24) is 0 Å². The van der Waals surface area contributed by atoms with E-state index in [-0.39, 0.29) is 0 Å². The van der Waals surface area contributed by atoms with E-state index < -0.39 is 6.15 Å². The predicted molar refractivity (Wildman–Crippen MR) is 102 cm³/mol. The summed E-state index contributed by atoms with van der Waals surface area (Å²) in [5.41, 5.74) is 3.81. The summed E-state index contributed by atoms with van der Waals surface area (Å²) in [7, 11) is 0. The largest absolute Gasteiger partial charge is 0.297 e. The highest BCUT2D eigenvalue weighted by Crippen LogP contribution is 2.07. The highest BCUT2D eigenvalue weighted by atomic mass is 14.0. The summed E-state index contributed by atoms with van der Waals surface area (Å²) in [5, 5.41) is 0. The lowest BCUT2D eigenvalue weighted by atomic mass is 9.16. The molecule has 0 nitrogen and oxygen atoms in total. The van der Waals surface area contributed by atoms with Crippen LogP contribution in [0, 0.1) is 11.7 Å². The van der Waals surface area contributed by atoms with Gasteiger partial charge in [-0.25, -0.2) is 0 Å². The van der Waals surface area contributed by atoms with Gasteiger partial charge in [-0.15, -0.1) is 5.92 Å². The molecule has 3 rings (SSSR count). The molecule has 0 radical (unpaired) electrons. The van der Waals surface area contributed by atoms with Crippen molar-refractivity contribution in [3.05, 3.63) is 91.0 Å². The van der Waals surface area contributed by atoms with Gasteiger partial charge in [0.25, 0.3) is 0 Å². The third-order valence-electron chi connectivity index (χ3n) is 4.39. The SMILES string of the molecule is CCC#C[B-](c1ccccc1)(c1ccccc1)c1ccccc1. The smallest absolute Gasteiger partial charge is 0.149 e. The molecular weight excluding hydrogens is 275 g/mol. The zero-order valence-corrected chi connectivity index (χ0v) is 13.4. The molecule has 3 aromatic carbocycles. The molecule has 0 saturated carbocycles. The second-order valence-electron chi connectivity index (χ2n) is 5.77. The Labute approximate surface area is 139 Å². The van der Waals surface area contributed by atoms with Crippen LogP contribution in [0.5, 0.6) is 0 Å². The Morgan fingerprint density at radius 2 is 0.957 bits per heavy atom. The van der Waals surface area contributed by atoms with Crippen molar-refractivity contribution in [2.75, 3.05) is 0 Å². The molecule has 0 amide bonds. The number of hydrogen-bond donors (Lipinski definition) is 0. The summed E-state index contributed by atoms with van der Waals surface area (Å²) in [6.07, 6.45) is -0.417. The molecule has 0 aromatic heterocycles. The van der Waals surface area contributed by atoms with Gasteiger partial charge in [-0.2, -0.15) is 16.4 Å². The standard InChI is InChI=1S/C22H20B/c1-2-3-19-23(20-13-7-4-8-14-20,21-15-9-5-10-16-21)22-17-11-6-12-18-22/h4-18H,2H2,1H3/q-1. The van der Waals surface area contributed by atoms with Crippen LogP contribution in [0.3, 0.4) is 0 Å². The van der Waals surface area contributed by atoms with Crippen molar-refractivity contribution in [2.45, 2.75) is 13.3 Å². The van der Waals surface area contributed by atoms with E-state index in [1.165, 1.54) is 16.4 Å². The molecule has 23 heavy (non-hydrogen) atoms. The van der Waals surface area contributed by atoms with Crippen molar-refractivity contribution in [3.8, 4) is 11.7 Å². The average molecular weight is 295 g/mol.